The number of amides is 1. The largest absolute Gasteiger partial charge is 0.335 e. The lowest BCUT2D eigenvalue weighted by Crippen LogP contribution is -2.28. The fourth-order valence-corrected chi connectivity index (χ4v) is 8.26. The van der Waals surface area contributed by atoms with Gasteiger partial charge in [-0.15, -0.1) is 0 Å². The molecule has 226 valence electrons. The first-order valence-corrected chi connectivity index (χ1v) is 17.0. The highest BCUT2D eigenvalue weighted by Gasteiger charge is 2.25. The van der Waals surface area contributed by atoms with Crippen LogP contribution in [0.2, 0.25) is 0 Å². The summed E-state index contributed by atoms with van der Waals surface area (Å²) in [6, 6.07) is 30.6. The molecule has 6 rings (SSSR count). The number of para-hydroxylation sites is 2. The van der Waals surface area contributed by atoms with Gasteiger partial charge < -0.3 is 9.80 Å². The lowest BCUT2D eigenvalue weighted by atomic mass is 10.0. The monoisotopic (exact) mass is 628 g/mol. The van der Waals surface area contributed by atoms with E-state index in [1.165, 1.54) is 21.2 Å². The molecular formula is C39H36N2O2S2. The van der Waals surface area contributed by atoms with Gasteiger partial charge in [-0.25, -0.2) is 0 Å². The van der Waals surface area contributed by atoms with Crippen molar-refractivity contribution in [1.82, 2.24) is 0 Å². The zero-order chi connectivity index (χ0) is 31.3. The summed E-state index contributed by atoms with van der Waals surface area (Å²) in [4.78, 5) is 33.5. The second kappa shape index (κ2) is 13.8. The standard InChI is InChI=1S/C39H36N2O2S2/c1-4-40(27(3)42)33-14-8-11-17-37(33)45-39-29(22-24-35(43)32-21-18-28-12-6-7-13-31(28)26-32)19-20-30(39)23-25-38-41(5-2)34-15-9-10-16-36(34)44-38/h6-18,21-26H,4-5,19-20H2,1-3H3/b24-22+,30-23+,38-25-. The molecule has 0 bridgehead atoms. The molecule has 4 aromatic carbocycles. The van der Waals surface area contributed by atoms with Crippen LogP contribution in [-0.4, -0.2) is 24.8 Å². The number of nitrogens with zero attached hydrogens (tertiary/aromatic N) is 2. The number of anilines is 2. The van der Waals surface area contributed by atoms with E-state index in [0.717, 1.165) is 51.2 Å². The maximum atomic E-state index is 13.3. The second-order valence-corrected chi connectivity index (χ2v) is 13.1. The summed E-state index contributed by atoms with van der Waals surface area (Å²) in [7, 11) is 0. The van der Waals surface area contributed by atoms with Crippen LogP contribution in [0.25, 0.3) is 10.8 Å². The Balaban J connectivity index is 1.36. The third kappa shape index (κ3) is 6.58. The first kappa shape index (κ1) is 30.8. The topological polar surface area (TPSA) is 40.6 Å². The average Bonchev–Trinajstić information content (AvgIpc) is 3.62. The number of hydrogen-bond donors (Lipinski definition) is 0. The predicted octanol–water partition coefficient (Wildman–Crippen LogP) is 10.2. The third-order valence-electron chi connectivity index (χ3n) is 8.16. The van der Waals surface area contributed by atoms with E-state index in [2.05, 4.69) is 60.4 Å². The van der Waals surface area contributed by atoms with Crippen molar-refractivity contribution in [3.63, 3.8) is 0 Å². The molecule has 1 aliphatic carbocycles. The van der Waals surface area contributed by atoms with Gasteiger partial charge in [-0.1, -0.05) is 96.3 Å². The van der Waals surface area contributed by atoms with Crippen molar-refractivity contribution in [1.29, 1.82) is 0 Å². The molecule has 1 amide bonds. The summed E-state index contributed by atoms with van der Waals surface area (Å²) in [5.41, 5.74) is 5.21. The Hall–Kier alpha value is -4.26. The molecule has 1 aliphatic heterocycles. The Morgan fingerprint density at radius 2 is 1.64 bits per heavy atom. The minimum absolute atomic E-state index is 0.00926. The van der Waals surface area contributed by atoms with Crippen LogP contribution in [0.15, 0.2) is 146 Å². The van der Waals surface area contributed by atoms with Crippen molar-refractivity contribution in [3.8, 4) is 0 Å². The van der Waals surface area contributed by atoms with E-state index in [1.807, 2.05) is 72.5 Å². The number of hydrogen-bond acceptors (Lipinski definition) is 5. The van der Waals surface area contributed by atoms with Crippen LogP contribution in [-0.2, 0) is 4.79 Å². The molecule has 4 aromatic rings. The lowest BCUT2D eigenvalue weighted by molar-refractivity contribution is -0.116. The molecule has 4 nitrogen and oxygen atoms in total. The van der Waals surface area contributed by atoms with E-state index < -0.39 is 0 Å². The Labute approximate surface area is 274 Å². The smallest absolute Gasteiger partial charge is 0.223 e. The molecule has 6 heteroatoms. The Bertz CT molecular complexity index is 1900. The lowest BCUT2D eigenvalue weighted by Gasteiger charge is -2.22. The normalized spacial score (nSPS) is 16.4. The number of carbonyl (C=O) groups excluding carboxylic acids is 2. The number of thioether (sulfide) groups is 2. The summed E-state index contributed by atoms with van der Waals surface area (Å²) in [5.74, 6) is 0.00929. The van der Waals surface area contributed by atoms with Gasteiger partial charge in [0.2, 0.25) is 5.91 Å². The van der Waals surface area contributed by atoms with E-state index >= 15 is 0 Å². The molecule has 0 saturated heterocycles. The summed E-state index contributed by atoms with van der Waals surface area (Å²) in [5, 5.41) is 3.39. The predicted molar refractivity (Wildman–Crippen MR) is 191 cm³/mol. The Kier molecular flexibility index (Phi) is 9.43. The Morgan fingerprint density at radius 3 is 2.44 bits per heavy atom. The van der Waals surface area contributed by atoms with Crippen LogP contribution in [0.3, 0.4) is 0 Å². The average molecular weight is 629 g/mol. The van der Waals surface area contributed by atoms with Gasteiger partial charge >= 0.3 is 0 Å². The highest BCUT2D eigenvalue weighted by molar-refractivity contribution is 8.04. The van der Waals surface area contributed by atoms with Gasteiger partial charge in [0.15, 0.2) is 5.78 Å². The number of ketones is 1. The zero-order valence-corrected chi connectivity index (χ0v) is 27.5. The van der Waals surface area contributed by atoms with E-state index in [9.17, 15) is 9.59 Å². The van der Waals surface area contributed by atoms with Crippen LogP contribution in [0, 0.1) is 0 Å². The van der Waals surface area contributed by atoms with Crippen molar-refractivity contribution in [2.24, 2.45) is 0 Å². The molecule has 0 atom stereocenters. The number of fused-ring (bicyclic) bond motifs is 2. The molecule has 1 heterocycles. The Morgan fingerprint density at radius 1 is 0.889 bits per heavy atom. The molecule has 0 unspecified atom stereocenters. The van der Waals surface area contributed by atoms with Crippen molar-refractivity contribution in [2.75, 3.05) is 22.9 Å². The molecule has 45 heavy (non-hydrogen) atoms. The van der Waals surface area contributed by atoms with E-state index in [4.69, 9.17) is 0 Å². The summed E-state index contributed by atoms with van der Waals surface area (Å²) in [6.45, 7) is 7.28. The van der Waals surface area contributed by atoms with Crippen LogP contribution in [0.4, 0.5) is 11.4 Å². The van der Waals surface area contributed by atoms with Gasteiger partial charge in [-0.2, -0.15) is 0 Å². The fraction of sp³-hybridized carbons (Fsp3) is 0.179. The van der Waals surface area contributed by atoms with Crippen LogP contribution in [0.1, 0.15) is 44.0 Å². The van der Waals surface area contributed by atoms with Gasteiger partial charge in [0.1, 0.15) is 0 Å². The minimum atomic E-state index is -0.00926. The SMILES string of the molecule is CCN(C(C)=O)c1ccccc1SC1=C(/C=C/C(=O)c2ccc3ccccc3c2)CC/C1=C\C=C1/Sc2ccccc2N1CC. The highest BCUT2D eigenvalue weighted by atomic mass is 32.2. The number of carbonyl (C=O) groups is 2. The summed E-state index contributed by atoms with van der Waals surface area (Å²) in [6.07, 6.45) is 9.91. The van der Waals surface area contributed by atoms with Gasteiger partial charge in [0, 0.05) is 40.3 Å². The number of allylic oxidation sites excluding steroid dienone is 6. The van der Waals surface area contributed by atoms with Crippen LogP contribution >= 0.6 is 23.5 Å². The minimum Gasteiger partial charge on any atom is -0.335 e. The van der Waals surface area contributed by atoms with E-state index in [1.54, 1.807) is 36.5 Å². The molecule has 0 N–H and O–H groups in total. The maximum Gasteiger partial charge on any atom is 0.223 e. The van der Waals surface area contributed by atoms with Crippen molar-refractivity contribution < 1.29 is 9.59 Å². The van der Waals surface area contributed by atoms with Crippen molar-refractivity contribution in [3.05, 3.63) is 142 Å². The summed E-state index contributed by atoms with van der Waals surface area (Å²) >= 11 is 3.49. The molecule has 0 fully saturated rings. The first-order valence-electron chi connectivity index (χ1n) is 15.4. The fourth-order valence-electron chi connectivity index (χ4n) is 5.88. The zero-order valence-electron chi connectivity index (χ0n) is 25.8. The van der Waals surface area contributed by atoms with Crippen LogP contribution < -0.4 is 9.80 Å². The molecule has 0 spiro atoms. The van der Waals surface area contributed by atoms with Gasteiger partial charge in [0.05, 0.1) is 16.4 Å². The van der Waals surface area contributed by atoms with Gasteiger partial charge in [-0.05, 0) is 91.1 Å². The summed E-state index contributed by atoms with van der Waals surface area (Å²) < 4.78 is 0. The molecule has 0 radical (unpaired) electrons. The number of benzene rings is 4. The van der Waals surface area contributed by atoms with E-state index in [-0.39, 0.29) is 11.7 Å². The van der Waals surface area contributed by atoms with E-state index in [0.29, 0.717) is 12.1 Å². The van der Waals surface area contributed by atoms with Gasteiger partial charge in [0.25, 0.3) is 0 Å². The molecule has 0 aromatic heterocycles. The molecule has 0 saturated carbocycles. The quantitative estimate of drug-likeness (QED) is 0.136. The second-order valence-electron chi connectivity index (χ2n) is 11.0. The first-order chi connectivity index (χ1) is 22.0. The van der Waals surface area contributed by atoms with Gasteiger partial charge in [-0.3, -0.25) is 9.59 Å². The van der Waals surface area contributed by atoms with Crippen molar-refractivity contribution in [2.45, 2.75) is 43.4 Å². The molecular weight excluding hydrogens is 593 g/mol. The molecule has 2 aliphatic rings. The number of rotatable bonds is 9. The maximum absolute atomic E-state index is 13.3. The highest BCUT2D eigenvalue weighted by Crippen LogP contribution is 2.48. The van der Waals surface area contributed by atoms with Crippen molar-refractivity contribution >= 4 is 57.4 Å². The van der Waals surface area contributed by atoms with Crippen LogP contribution in [0.5, 0.6) is 0 Å². The third-order valence-corrected chi connectivity index (χ3v) is 10.6.